The lowest BCUT2D eigenvalue weighted by molar-refractivity contribution is -0.104. The first-order chi connectivity index (χ1) is 4.06. The highest BCUT2D eigenvalue weighted by Gasteiger charge is 2.08. The first-order valence-corrected chi connectivity index (χ1v) is 6.44. The van der Waals surface area contributed by atoms with Crippen LogP contribution in [0.2, 0.25) is 19.6 Å². The molecule has 0 spiro atoms. The van der Waals surface area contributed by atoms with Crippen molar-refractivity contribution in [2.45, 2.75) is 19.6 Å². The Kier molecular flexibility index (Phi) is 3.23. The van der Waals surface area contributed by atoms with Crippen molar-refractivity contribution in [2.75, 3.05) is 0 Å². The lowest BCUT2D eigenvalue weighted by Gasteiger charge is -2.14. The van der Waals surface area contributed by atoms with Crippen molar-refractivity contribution in [3.8, 4) is 0 Å². The van der Waals surface area contributed by atoms with E-state index in [1.165, 1.54) is 6.08 Å². The molecule has 0 heterocycles. The zero-order valence-electron chi connectivity index (χ0n) is 6.14. The van der Waals surface area contributed by atoms with Crippen LogP contribution < -0.4 is 4.98 Å². The number of aldehydes is 1. The lowest BCUT2D eigenvalue weighted by Crippen LogP contribution is -2.36. The van der Waals surface area contributed by atoms with E-state index in [1.807, 2.05) is 0 Å². The highest BCUT2D eigenvalue weighted by molar-refractivity contribution is 6.73. The van der Waals surface area contributed by atoms with Crippen LogP contribution in [0, 0.1) is 0 Å². The van der Waals surface area contributed by atoms with Gasteiger partial charge in [0.05, 0.1) is 0 Å². The molecule has 3 heteroatoms. The summed E-state index contributed by atoms with van der Waals surface area (Å²) < 4.78 is 0. The molecule has 0 radical (unpaired) electrons. The molecule has 0 aromatic heterocycles. The van der Waals surface area contributed by atoms with Crippen molar-refractivity contribution < 1.29 is 4.79 Å². The second-order valence-electron chi connectivity index (χ2n) is 2.89. The average molecular weight is 143 g/mol. The maximum absolute atomic E-state index is 9.78. The summed E-state index contributed by atoms with van der Waals surface area (Å²) in [5.41, 5.74) is 0. The van der Waals surface area contributed by atoms with Crippen LogP contribution >= 0.6 is 0 Å². The third-order valence-electron chi connectivity index (χ3n) is 0.691. The summed E-state index contributed by atoms with van der Waals surface area (Å²) in [6.07, 6.45) is 3.95. The van der Waals surface area contributed by atoms with Gasteiger partial charge in [0.15, 0.2) is 0 Å². The maximum Gasteiger partial charge on any atom is 0.144 e. The van der Waals surface area contributed by atoms with Crippen molar-refractivity contribution in [2.24, 2.45) is 0 Å². The minimum absolute atomic E-state index is 0.771. The van der Waals surface area contributed by atoms with E-state index in [9.17, 15) is 4.79 Å². The molecule has 0 unspecified atom stereocenters. The first-order valence-electron chi connectivity index (χ1n) is 2.94. The molecule has 0 amide bonds. The summed E-state index contributed by atoms with van der Waals surface area (Å²) in [6.45, 7) is 6.51. The number of hydrogen-bond acceptors (Lipinski definition) is 2. The second-order valence-corrected chi connectivity index (χ2v) is 7.68. The number of allylic oxidation sites excluding steroid dienone is 1. The molecule has 1 N–H and O–H groups in total. The van der Waals surface area contributed by atoms with Gasteiger partial charge in [-0.25, -0.2) is 0 Å². The summed E-state index contributed by atoms with van der Waals surface area (Å²) in [7, 11) is -1.19. The maximum atomic E-state index is 9.78. The Morgan fingerprint density at radius 2 is 1.89 bits per heavy atom. The predicted molar refractivity (Wildman–Crippen MR) is 41.7 cm³/mol. The highest BCUT2D eigenvalue weighted by atomic mass is 28.3. The van der Waals surface area contributed by atoms with Crippen LogP contribution in [0.4, 0.5) is 0 Å². The third kappa shape index (κ3) is 7.43. The van der Waals surface area contributed by atoms with E-state index in [-0.39, 0.29) is 0 Å². The third-order valence-corrected chi connectivity index (χ3v) is 1.72. The van der Waals surface area contributed by atoms with Crippen molar-refractivity contribution in [1.29, 1.82) is 0 Å². The molecule has 52 valence electrons. The molecular formula is C6H13NOSi. The normalized spacial score (nSPS) is 11.9. The molecule has 0 aliphatic carbocycles. The Morgan fingerprint density at radius 3 is 2.22 bits per heavy atom. The van der Waals surface area contributed by atoms with Crippen molar-refractivity contribution in [1.82, 2.24) is 4.98 Å². The van der Waals surface area contributed by atoms with Gasteiger partial charge in [0, 0.05) is 0 Å². The van der Waals surface area contributed by atoms with Crippen LogP contribution in [-0.4, -0.2) is 14.5 Å². The predicted octanol–water partition coefficient (Wildman–Crippen LogP) is 1.12. The Morgan fingerprint density at radius 1 is 1.33 bits per heavy atom. The minimum Gasteiger partial charge on any atom is -0.416 e. The standard InChI is InChI=1S/C6H13NOSi/c1-9(2,3)7-5-4-6-8/h4-7H,1-3H3. The fourth-order valence-corrected chi connectivity index (χ4v) is 0.934. The van der Waals surface area contributed by atoms with E-state index in [0.717, 1.165) is 6.29 Å². The fraction of sp³-hybridized carbons (Fsp3) is 0.500. The Balaban J connectivity index is 3.50. The van der Waals surface area contributed by atoms with Gasteiger partial charge in [0.2, 0.25) is 0 Å². The van der Waals surface area contributed by atoms with Gasteiger partial charge in [0.1, 0.15) is 14.5 Å². The molecule has 0 aliphatic heterocycles. The van der Waals surface area contributed by atoms with Crippen LogP contribution in [-0.2, 0) is 4.79 Å². The van der Waals surface area contributed by atoms with Gasteiger partial charge in [-0.05, 0) is 12.3 Å². The average Bonchev–Trinajstić information content (AvgIpc) is 1.63. The molecule has 0 aromatic carbocycles. The Hall–Kier alpha value is -0.573. The summed E-state index contributed by atoms with van der Waals surface area (Å²) in [5.74, 6) is 0. The molecular weight excluding hydrogens is 130 g/mol. The monoisotopic (exact) mass is 143 g/mol. The van der Waals surface area contributed by atoms with Gasteiger partial charge in [-0.1, -0.05) is 19.6 Å². The van der Waals surface area contributed by atoms with E-state index in [4.69, 9.17) is 0 Å². The summed E-state index contributed by atoms with van der Waals surface area (Å²) >= 11 is 0. The SMILES string of the molecule is C[Si](C)(C)NC=CC=O. The van der Waals surface area contributed by atoms with Crippen LogP contribution in [0.3, 0.4) is 0 Å². The number of carbonyl (C=O) groups is 1. The van der Waals surface area contributed by atoms with E-state index in [0.29, 0.717) is 0 Å². The fourth-order valence-electron chi connectivity index (χ4n) is 0.337. The van der Waals surface area contributed by atoms with Gasteiger partial charge in [-0.3, -0.25) is 4.79 Å². The molecule has 0 saturated carbocycles. The summed E-state index contributed by atoms with van der Waals surface area (Å²) in [6, 6.07) is 0. The molecule has 0 fully saturated rings. The van der Waals surface area contributed by atoms with Gasteiger partial charge in [-0.15, -0.1) is 0 Å². The van der Waals surface area contributed by atoms with E-state index >= 15 is 0 Å². The molecule has 2 nitrogen and oxygen atoms in total. The minimum atomic E-state index is -1.19. The van der Waals surface area contributed by atoms with Gasteiger partial charge in [0.25, 0.3) is 0 Å². The number of carbonyl (C=O) groups excluding carboxylic acids is 1. The molecule has 0 rings (SSSR count). The van der Waals surface area contributed by atoms with Crippen molar-refractivity contribution in [3.05, 3.63) is 12.3 Å². The molecule has 0 aliphatic rings. The van der Waals surface area contributed by atoms with Crippen molar-refractivity contribution >= 4 is 14.5 Å². The van der Waals surface area contributed by atoms with E-state index < -0.39 is 8.24 Å². The van der Waals surface area contributed by atoms with Crippen LogP contribution in [0.15, 0.2) is 12.3 Å². The smallest absolute Gasteiger partial charge is 0.144 e. The first kappa shape index (κ1) is 8.43. The highest BCUT2D eigenvalue weighted by Crippen LogP contribution is 1.92. The molecule has 0 bridgehead atoms. The van der Waals surface area contributed by atoms with Crippen LogP contribution in [0.25, 0.3) is 0 Å². The van der Waals surface area contributed by atoms with Crippen molar-refractivity contribution in [3.63, 3.8) is 0 Å². The Labute approximate surface area is 57.0 Å². The van der Waals surface area contributed by atoms with Gasteiger partial charge < -0.3 is 4.98 Å². The zero-order valence-corrected chi connectivity index (χ0v) is 7.14. The quantitative estimate of drug-likeness (QED) is 0.364. The second kappa shape index (κ2) is 3.45. The Bertz CT molecular complexity index is 115. The van der Waals surface area contributed by atoms with Gasteiger partial charge >= 0.3 is 0 Å². The topological polar surface area (TPSA) is 29.1 Å². The number of nitrogens with one attached hydrogen (secondary N) is 1. The lowest BCUT2D eigenvalue weighted by atomic mass is 10.7. The van der Waals surface area contributed by atoms with Crippen LogP contribution in [0.5, 0.6) is 0 Å². The molecule has 0 atom stereocenters. The van der Waals surface area contributed by atoms with Crippen LogP contribution in [0.1, 0.15) is 0 Å². The summed E-state index contributed by atoms with van der Waals surface area (Å²) in [5, 5.41) is 0. The molecule has 0 saturated heterocycles. The van der Waals surface area contributed by atoms with E-state index in [2.05, 4.69) is 24.6 Å². The van der Waals surface area contributed by atoms with Gasteiger partial charge in [-0.2, -0.15) is 0 Å². The largest absolute Gasteiger partial charge is 0.416 e. The number of hydrogen-bond donors (Lipinski definition) is 1. The van der Waals surface area contributed by atoms with E-state index in [1.54, 1.807) is 6.20 Å². The number of rotatable bonds is 3. The molecule has 9 heavy (non-hydrogen) atoms. The summed E-state index contributed by atoms with van der Waals surface area (Å²) in [4.78, 5) is 12.9. The molecule has 0 aromatic rings. The zero-order chi connectivity index (χ0) is 7.33.